The molecule has 1 aromatic heterocycles. The Bertz CT molecular complexity index is 915. The van der Waals surface area contributed by atoms with Crippen molar-refractivity contribution < 1.29 is 0 Å². The van der Waals surface area contributed by atoms with Crippen molar-refractivity contribution in [3.8, 4) is 0 Å². The van der Waals surface area contributed by atoms with Gasteiger partial charge in [0.05, 0.1) is 11.4 Å². The average molecular weight is 387 g/mol. The highest BCUT2D eigenvalue weighted by Crippen LogP contribution is 2.22. The molecule has 150 valence electrons. The summed E-state index contributed by atoms with van der Waals surface area (Å²) in [5.41, 5.74) is 12.8. The third-order valence-electron chi connectivity index (χ3n) is 4.27. The number of allylic oxidation sites excluding steroid dienone is 1. The maximum absolute atomic E-state index is 5.92. The number of hydrogen-bond donors (Lipinski definition) is 3. The fourth-order valence-corrected chi connectivity index (χ4v) is 2.53. The van der Waals surface area contributed by atoms with Crippen LogP contribution >= 0.6 is 0 Å². The molecule has 0 aliphatic heterocycles. The summed E-state index contributed by atoms with van der Waals surface area (Å²) in [5, 5.41) is 6.46. The van der Waals surface area contributed by atoms with Crippen molar-refractivity contribution in [3.63, 3.8) is 0 Å². The molecule has 0 atom stereocenters. The Morgan fingerprint density at radius 2 is 1.69 bits per heavy atom. The summed E-state index contributed by atoms with van der Waals surface area (Å²) >= 11 is 0. The van der Waals surface area contributed by atoms with Gasteiger partial charge in [0.1, 0.15) is 0 Å². The smallest absolute Gasteiger partial charge is 0.0617 e. The largest absolute Gasteiger partial charge is 0.397 e. The summed E-state index contributed by atoms with van der Waals surface area (Å²) in [6, 6.07) is 19.9. The third kappa shape index (κ3) is 7.54. The third-order valence-corrected chi connectivity index (χ3v) is 4.27. The minimum atomic E-state index is 0.709. The van der Waals surface area contributed by atoms with E-state index in [-0.39, 0.29) is 0 Å². The predicted octanol–water partition coefficient (Wildman–Crippen LogP) is 5.62. The van der Waals surface area contributed by atoms with E-state index in [0.717, 1.165) is 35.6 Å². The maximum Gasteiger partial charge on any atom is 0.0617 e. The van der Waals surface area contributed by atoms with E-state index in [0.29, 0.717) is 5.69 Å². The van der Waals surface area contributed by atoms with Crippen molar-refractivity contribution in [1.82, 2.24) is 10.3 Å². The second-order valence-electron chi connectivity index (χ2n) is 6.74. The molecule has 0 fully saturated rings. The fraction of sp³-hybridized carbons (Fsp3) is 0.160. The molecule has 3 aromatic rings. The second kappa shape index (κ2) is 11.3. The number of rotatable bonds is 7. The summed E-state index contributed by atoms with van der Waals surface area (Å²) in [5.74, 6) is 0. The van der Waals surface area contributed by atoms with Crippen molar-refractivity contribution in [2.24, 2.45) is 0 Å². The molecule has 2 aromatic carbocycles. The average Bonchev–Trinajstić information content (AvgIpc) is 2.75. The number of pyridine rings is 1. The number of nitrogens with zero attached hydrogens (tertiary/aromatic N) is 1. The molecule has 0 radical (unpaired) electrons. The predicted molar refractivity (Wildman–Crippen MR) is 125 cm³/mol. The van der Waals surface area contributed by atoms with Gasteiger partial charge in [-0.25, -0.2) is 0 Å². The molecular weight excluding hydrogens is 356 g/mol. The van der Waals surface area contributed by atoms with Crippen LogP contribution in [0.3, 0.4) is 0 Å². The molecule has 4 N–H and O–H groups in total. The highest BCUT2D eigenvalue weighted by Gasteiger charge is 2.02. The molecular formula is C25H30N4. The molecule has 0 unspecified atom stereocenters. The standard InChI is InChI=1S/C18H21N3.C7H9N/c1-13(2)20-12-15-8-10-16(11-9-15)14(3)21-18-7-5-4-6-17(18)19;1-2-7-4-3-5-8-6-7/h4-11,20-21H,1,3,12,19H2,2H3;3-6H,2H2,1H3. The van der Waals surface area contributed by atoms with Crippen molar-refractivity contribution in [1.29, 1.82) is 0 Å². The first kappa shape index (κ1) is 21.8. The van der Waals surface area contributed by atoms with Gasteiger partial charge in [-0.1, -0.05) is 62.5 Å². The minimum Gasteiger partial charge on any atom is -0.397 e. The first-order valence-corrected chi connectivity index (χ1v) is 9.67. The molecule has 0 bridgehead atoms. The number of nitrogens with one attached hydrogen (secondary N) is 2. The van der Waals surface area contributed by atoms with Crippen LogP contribution in [0.4, 0.5) is 11.4 Å². The molecule has 1 heterocycles. The zero-order valence-electron chi connectivity index (χ0n) is 17.3. The molecule has 3 rings (SSSR count). The van der Waals surface area contributed by atoms with Crippen molar-refractivity contribution in [3.05, 3.63) is 109 Å². The van der Waals surface area contributed by atoms with E-state index in [1.165, 1.54) is 11.1 Å². The molecule has 0 aliphatic carbocycles. The summed E-state index contributed by atoms with van der Waals surface area (Å²) in [7, 11) is 0. The number of hydrogen-bond acceptors (Lipinski definition) is 4. The summed E-state index contributed by atoms with van der Waals surface area (Å²) in [6.07, 6.45) is 4.76. The maximum atomic E-state index is 5.92. The fourth-order valence-electron chi connectivity index (χ4n) is 2.53. The number of nitrogen functional groups attached to an aromatic ring is 1. The lowest BCUT2D eigenvalue weighted by atomic mass is 10.1. The monoisotopic (exact) mass is 386 g/mol. The van der Waals surface area contributed by atoms with Crippen molar-refractivity contribution >= 4 is 17.1 Å². The minimum absolute atomic E-state index is 0.709. The van der Waals surface area contributed by atoms with Gasteiger partial charge >= 0.3 is 0 Å². The molecule has 4 nitrogen and oxygen atoms in total. The van der Waals surface area contributed by atoms with Crippen LogP contribution in [0.2, 0.25) is 0 Å². The highest BCUT2D eigenvalue weighted by molar-refractivity contribution is 5.80. The molecule has 29 heavy (non-hydrogen) atoms. The van der Waals surface area contributed by atoms with Crippen LogP contribution in [0.1, 0.15) is 30.5 Å². The normalized spacial score (nSPS) is 9.72. The van der Waals surface area contributed by atoms with Crippen LogP contribution in [0.25, 0.3) is 5.70 Å². The molecule has 0 spiro atoms. The van der Waals surface area contributed by atoms with E-state index in [9.17, 15) is 0 Å². The van der Waals surface area contributed by atoms with Crippen LogP contribution in [0.15, 0.2) is 91.9 Å². The molecule has 0 amide bonds. The quantitative estimate of drug-likeness (QED) is 0.461. The second-order valence-corrected chi connectivity index (χ2v) is 6.74. The lowest BCUT2D eigenvalue weighted by Crippen LogP contribution is -2.09. The van der Waals surface area contributed by atoms with E-state index in [1.807, 2.05) is 55.6 Å². The lowest BCUT2D eigenvalue weighted by molar-refractivity contribution is 0.816. The first-order chi connectivity index (χ1) is 14.0. The van der Waals surface area contributed by atoms with Crippen LogP contribution in [0, 0.1) is 0 Å². The van der Waals surface area contributed by atoms with Crippen LogP contribution in [0.5, 0.6) is 0 Å². The highest BCUT2D eigenvalue weighted by atomic mass is 14.9. The summed E-state index contributed by atoms with van der Waals surface area (Å²) < 4.78 is 0. The van der Waals surface area contributed by atoms with E-state index >= 15 is 0 Å². The van der Waals surface area contributed by atoms with Gasteiger partial charge in [0.2, 0.25) is 0 Å². The van der Waals surface area contributed by atoms with E-state index < -0.39 is 0 Å². The Morgan fingerprint density at radius 3 is 2.24 bits per heavy atom. The molecule has 4 heteroatoms. The Labute approximate surface area is 174 Å². The van der Waals surface area contributed by atoms with Crippen LogP contribution < -0.4 is 16.4 Å². The number of nitrogens with two attached hydrogens (primary N) is 1. The van der Waals surface area contributed by atoms with Crippen molar-refractivity contribution in [2.75, 3.05) is 11.1 Å². The number of benzene rings is 2. The SMILES string of the molecule is C=C(C)NCc1ccc(C(=C)Nc2ccccc2N)cc1.CCc1cccnc1. The lowest BCUT2D eigenvalue weighted by Gasteiger charge is -2.12. The number of aromatic nitrogens is 1. The number of para-hydroxylation sites is 2. The first-order valence-electron chi connectivity index (χ1n) is 9.67. The number of aryl methyl sites for hydroxylation is 1. The van der Waals surface area contributed by atoms with Gasteiger partial charge in [-0.2, -0.15) is 0 Å². The zero-order valence-corrected chi connectivity index (χ0v) is 17.3. The Balaban J connectivity index is 0.000000313. The summed E-state index contributed by atoms with van der Waals surface area (Å²) in [6.45, 7) is 12.7. The van der Waals surface area contributed by atoms with Gasteiger partial charge in [-0.15, -0.1) is 0 Å². The van der Waals surface area contributed by atoms with Gasteiger partial charge in [-0.05, 0) is 48.2 Å². The topological polar surface area (TPSA) is 63.0 Å². The molecule has 0 saturated carbocycles. The van der Waals surface area contributed by atoms with Gasteiger partial charge < -0.3 is 16.4 Å². The van der Waals surface area contributed by atoms with Gasteiger partial charge in [0.15, 0.2) is 0 Å². The Morgan fingerprint density at radius 1 is 0.966 bits per heavy atom. The molecule has 0 saturated heterocycles. The summed E-state index contributed by atoms with van der Waals surface area (Å²) in [4.78, 5) is 3.96. The van der Waals surface area contributed by atoms with Gasteiger partial charge in [-0.3, -0.25) is 4.98 Å². The van der Waals surface area contributed by atoms with Gasteiger partial charge in [0.25, 0.3) is 0 Å². The number of anilines is 2. The van der Waals surface area contributed by atoms with Crippen molar-refractivity contribution in [2.45, 2.75) is 26.8 Å². The van der Waals surface area contributed by atoms with E-state index in [1.54, 1.807) is 6.20 Å². The van der Waals surface area contributed by atoms with E-state index in [4.69, 9.17) is 5.73 Å². The van der Waals surface area contributed by atoms with Crippen LogP contribution in [-0.4, -0.2) is 4.98 Å². The van der Waals surface area contributed by atoms with Crippen LogP contribution in [-0.2, 0) is 13.0 Å². The van der Waals surface area contributed by atoms with E-state index in [2.05, 4.69) is 53.9 Å². The Hall–Kier alpha value is -3.53. The Kier molecular flexibility index (Phi) is 8.51. The molecule has 0 aliphatic rings. The van der Waals surface area contributed by atoms with Gasteiger partial charge in [0, 0.05) is 30.3 Å². The zero-order chi connectivity index (χ0) is 21.1.